The Balaban J connectivity index is 1.37. The highest BCUT2D eigenvalue weighted by Gasteiger charge is 2.15. The van der Waals surface area contributed by atoms with Crippen molar-refractivity contribution in [2.75, 3.05) is 26.1 Å². The standard InChI is InChI=1S/C26H21NO7/c1-31-23-13-19-18-5-3-4-6-21(18)34-22(19)14-20(23)27-24(28)15-33-25(29)12-9-16-7-10-17(11-8-16)26(30)32-2/h3-14H,15H2,1-2H3,(H,27,28)/b12-9+. The van der Waals surface area contributed by atoms with Gasteiger partial charge in [-0.1, -0.05) is 30.3 Å². The van der Waals surface area contributed by atoms with Gasteiger partial charge >= 0.3 is 11.9 Å². The van der Waals surface area contributed by atoms with Gasteiger partial charge in [0.1, 0.15) is 16.9 Å². The van der Waals surface area contributed by atoms with Gasteiger partial charge in [-0.3, -0.25) is 4.79 Å². The molecule has 0 spiro atoms. The van der Waals surface area contributed by atoms with Crippen molar-refractivity contribution < 1.29 is 33.0 Å². The van der Waals surface area contributed by atoms with E-state index in [1.807, 2.05) is 24.3 Å². The Kier molecular flexibility index (Phi) is 6.59. The molecule has 0 saturated heterocycles. The van der Waals surface area contributed by atoms with Gasteiger partial charge in [-0.15, -0.1) is 0 Å². The monoisotopic (exact) mass is 459 g/mol. The number of amides is 1. The summed E-state index contributed by atoms with van der Waals surface area (Å²) >= 11 is 0. The van der Waals surface area contributed by atoms with Crippen LogP contribution in [0.1, 0.15) is 15.9 Å². The van der Waals surface area contributed by atoms with Crippen LogP contribution in [0.15, 0.2) is 71.2 Å². The van der Waals surface area contributed by atoms with Crippen LogP contribution in [0, 0.1) is 0 Å². The molecule has 8 heteroatoms. The maximum atomic E-state index is 12.4. The van der Waals surface area contributed by atoms with E-state index in [4.69, 9.17) is 13.9 Å². The Hall–Kier alpha value is -4.59. The van der Waals surface area contributed by atoms with Gasteiger partial charge in [-0.2, -0.15) is 0 Å². The second-order valence-corrected chi connectivity index (χ2v) is 7.25. The van der Waals surface area contributed by atoms with Crippen LogP contribution in [-0.2, 0) is 19.1 Å². The Morgan fingerprint density at radius 1 is 0.941 bits per heavy atom. The van der Waals surface area contributed by atoms with Crippen LogP contribution in [0.3, 0.4) is 0 Å². The molecular formula is C26H21NO7. The van der Waals surface area contributed by atoms with Crippen LogP contribution in [0.2, 0.25) is 0 Å². The number of methoxy groups -OCH3 is 2. The quantitative estimate of drug-likeness (QED) is 0.319. The van der Waals surface area contributed by atoms with E-state index < -0.39 is 24.5 Å². The van der Waals surface area contributed by atoms with Gasteiger partial charge in [0.15, 0.2) is 6.61 Å². The molecule has 4 rings (SSSR count). The third-order valence-corrected chi connectivity index (χ3v) is 5.06. The number of anilines is 1. The summed E-state index contributed by atoms with van der Waals surface area (Å²) in [6.07, 6.45) is 2.71. The number of furan rings is 1. The third-order valence-electron chi connectivity index (χ3n) is 5.06. The Bertz CT molecular complexity index is 1400. The van der Waals surface area contributed by atoms with Crippen LogP contribution >= 0.6 is 0 Å². The Labute approximate surface area is 194 Å². The van der Waals surface area contributed by atoms with Gasteiger partial charge in [0.2, 0.25) is 0 Å². The highest BCUT2D eigenvalue weighted by Crippen LogP contribution is 2.36. The highest BCUT2D eigenvalue weighted by molar-refractivity contribution is 6.08. The van der Waals surface area contributed by atoms with E-state index in [9.17, 15) is 14.4 Å². The summed E-state index contributed by atoms with van der Waals surface area (Å²) in [7, 11) is 2.80. The molecule has 0 aliphatic heterocycles. The zero-order chi connectivity index (χ0) is 24.1. The van der Waals surface area contributed by atoms with Gasteiger partial charge in [0, 0.05) is 22.9 Å². The highest BCUT2D eigenvalue weighted by atomic mass is 16.5. The van der Waals surface area contributed by atoms with Gasteiger partial charge in [0.25, 0.3) is 5.91 Å². The van der Waals surface area contributed by atoms with E-state index in [0.717, 1.165) is 16.4 Å². The minimum absolute atomic E-state index is 0.398. The number of para-hydroxylation sites is 1. The maximum absolute atomic E-state index is 12.4. The number of carbonyl (C=O) groups is 3. The lowest BCUT2D eigenvalue weighted by atomic mass is 10.1. The smallest absolute Gasteiger partial charge is 0.337 e. The summed E-state index contributed by atoms with van der Waals surface area (Å²) in [5.41, 5.74) is 2.79. The lowest BCUT2D eigenvalue weighted by Crippen LogP contribution is -2.20. The summed E-state index contributed by atoms with van der Waals surface area (Å²) in [6.45, 7) is -0.480. The minimum Gasteiger partial charge on any atom is -0.495 e. The second-order valence-electron chi connectivity index (χ2n) is 7.25. The normalized spacial score (nSPS) is 11.0. The third kappa shape index (κ3) is 4.91. The average molecular weight is 459 g/mol. The molecule has 1 N–H and O–H groups in total. The number of rotatable bonds is 7. The second kappa shape index (κ2) is 9.91. The molecule has 0 aliphatic rings. The molecule has 34 heavy (non-hydrogen) atoms. The number of ether oxygens (including phenoxy) is 3. The number of carbonyl (C=O) groups excluding carboxylic acids is 3. The number of esters is 2. The van der Waals surface area contributed by atoms with E-state index >= 15 is 0 Å². The molecule has 0 aliphatic carbocycles. The van der Waals surface area contributed by atoms with Crippen molar-refractivity contribution >= 4 is 51.5 Å². The zero-order valence-electron chi connectivity index (χ0n) is 18.5. The van der Waals surface area contributed by atoms with Crippen LogP contribution in [0.5, 0.6) is 5.75 Å². The zero-order valence-corrected chi connectivity index (χ0v) is 18.5. The Morgan fingerprint density at radius 2 is 1.71 bits per heavy atom. The Morgan fingerprint density at radius 3 is 2.44 bits per heavy atom. The maximum Gasteiger partial charge on any atom is 0.337 e. The van der Waals surface area contributed by atoms with Gasteiger partial charge in [-0.05, 0) is 35.9 Å². The van der Waals surface area contributed by atoms with Gasteiger partial charge in [0.05, 0.1) is 25.5 Å². The number of benzene rings is 3. The molecule has 0 unspecified atom stereocenters. The molecule has 4 aromatic rings. The fourth-order valence-corrected chi connectivity index (χ4v) is 3.40. The first-order chi connectivity index (χ1) is 16.5. The lowest BCUT2D eigenvalue weighted by Gasteiger charge is -2.10. The average Bonchev–Trinajstić information content (AvgIpc) is 3.22. The SMILES string of the molecule is COC(=O)c1ccc(/C=C/C(=O)OCC(=O)Nc2cc3oc4ccccc4c3cc2OC)cc1. The van der Waals surface area contributed by atoms with E-state index in [0.29, 0.717) is 28.1 Å². The number of hydrogen-bond acceptors (Lipinski definition) is 7. The van der Waals surface area contributed by atoms with Gasteiger partial charge < -0.3 is 23.9 Å². The molecule has 1 amide bonds. The van der Waals surface area contributed by atoms with Crippen LogP contribution in [-0.4, -0.2) is 38.7 Å². The predicted molar refractivity (Wildman–Crippen MR) is 127 cm³/mol. The fraction of sp³-hybridized carbons (Fsp3) is 0.115. The summed E-state index contributed by atoms with van der Waals surface area (Å²) in [4.78, 5) is 35.8. The summed E-state index contributed by atoms with van der Waals surface area (Å²) in [6, 6.07) is 17.5. The molecule has 0 atom stereocenters. The lowest BCUT2D eigenvalue weighted by molar-refractivity contribution is -0.142. The van der Waals surface area contributed by atoms with Crippen molar-refractivity contribution in [1.29, 1.82) is 0 Å². The molecule has 0 radical (unpaired) electrons. The van der Waals surface area contributed by atoms with Crippen molar-refractivity contribution in [2.45, 2.75) is 0 Å². The number of fused-ring (bicyclic) bond motifs is 3. The van der Waals surface area contributed by atoms with Crippen LogP contribution in [0.25, 0.3) is 28.0 Å². The fourth-order valence-electron chi connectivity index (χ4n) is 3.40. The van der Waals surface area contributed by atoms with E-state index in [1.165, 1.54) is 26.4 Å². The molecule has 8 nitrogen and oxygen atoms in total. The van der Waals surface area contributed by atoms with Crippen molar-refractivity contribution in [3.63, 3.8) is 0 Å². The minimum atomic E-state index is -0.688. The molecule has 0 bridgehead atoms. The predicted octanol–water partition coefficient (Wildman–Crippen LogP) is 4.58. The van der Waals surface area contributed by atoms with E-state index in [2.05, 4.69) is 10.1 Å². The molecule has 1 aromatic heterocycles. The van der Waals surface area contributed by atoms with Gasteiger partial charge in [-0.25, -0.2) is 9.59 Å². The van der Waals surface area contributed by atoms with Crippen molar-refractivity contribution in [2.24, 2.45) is 0 Å². The molecule has 0 fully saturated rings. The topological polar surface area (TPSA) is 104 Å². The van der Waals surface area contributed by atoms with Crippen LogP contribution in [0.4, 0.5) is 5.69 Å². The van der Waals surface area contributed by atoms with Crippen molar-refractivity contribution in [3.8, 4) is 5.75 Å². The van der Waals surface area contributed by atoms with Crippen molar-refractivity contribution in [3.05, 3.63) is 77.9 Å². The molecule has 172 valence electrons. The van der Waals surface area contributed by atoms with E-state index in [-0.39, 0.29) is 0 Å². The first-order valence-electron chi connectivity index (χ1n) is 10.3. The summed E-state index contributed by atoms with van der Waals surface area (Å²) < 4.78 is 20.9. The number of nitrogens with one attached hydrogen (secondary N) is 1. The van der Waals surface area contributed by atoms with Crippen LogP contribution < -0.4 is 10.1 Å². The largest absolute Gasteiger partial charge is 0.495 e. The molecule has 0 saturated carbocycles. The number of hydrogen-bond donors (Lipinski definition) is 1. The van der Waals surface area contributed by atoms with Crippen molar-refractivity contribution in [1.82, 2.24) is 0 Å². The first kappa shape index (κ1) is 22.6. The molecule has 1 heterocycles. The molecule has 3 aromatic carbocycles. The van der Waals surface area contributed by atoms with E-state index in [1.54, 1.807) is 36.4 Å². The summed E-state index contributed by atoms with van der Waals surface area (Å²) in [5.74, 6) is -1.21. The molecular weight excluding hydrogens is 438 g/mol. The summed E-state index contributed by atoms with van der Waals surface area (Å²) in [5, 5.41) is 4.48. The first-order valence-corrected chi connectivity index (χ1v) is 10.3.